The fraction of sp³-hybridized carbons (Fsp3) is 0.571. The molecule has 1 heterocycles. The van der Waals surface area contributed by atoms with Crippen molar-refractivity contribution in [1.82, 2.24) is 5.32 Å². The van der Waals surface area contributed by atoms with E-state index in [0.717, 1.165) is 18.6 Å². The zero-order valence-corrected chi connectivity index (χ0v) is 7.20. The van der Waals surface area contributed by atoms with Crippen molar-refractivity contribution < 1.29 is 4.79 Å². The summed E-state index contributed by atoms with van der Waals surface area (Å²) in [6.07, 6.45) is 2.29. The molecule has 1 amide bonds. The quantitative estimate of drug-likeness (QED) is 0.629. The first kappa shape index (κ1) is 8.33. The van der Waals surface area contributed by atoms with Crippen LogP contribution in [0.1, 0.15) is 26.2 Å². The standard InChI is InChI=1S/C7H10N2OS/c1-2-3-5-4-6(10)9-7(11)8-5/h2-4H2,1H3,(H,9,10,11). The zero-order valence-electron chi connectivity index (χ0n) is 6.39. The topological polar surface area (TPSA) is 41.5 Å². The van der Waals surface area contributed by atoms with Gasteiger partial charge >= 0.3 is 0 Å². The Morgan fingerprint density at radius 3 is 3.00 bits per heavy atom. The number of nitrogens with zero attached hydrogens (tertiary/aromatic N) is 1. The summed E-state index contributed by atoms with van der Waals surface area (Å²) in [4.78, 5) is 14.9. The number of carbonyl (C=O) groups is 1. The van der Waals surface area contributed by atoms with Crippen LogP contribution in [0, 0.1) is 0 Å². The molecule has 1 aliphatic heterocycles. The fourth-order valence-electron chi connectivity index (χ4n) is 0.993. The minimum atomic E-state index is -0.0338. The molecule has 0 unspecified atom stereocenters. The van der Waals surface area contributed by atoms with E-state index in [2.05, 4.69) is 17.2 Å². The Bertz CT molecular complexity index is 222. The van der Waals surface area contributed by atoms with Gasteiger partial charge in [0.15, 0.2) is 5.11 Å². The molecule has 0 aromatic rings. The summed E-state index contributed by atoms with van der Waals surface area (Å²) in [5.74, 6) is -0.0338. The van der Waals surface area contributed by atoms with Crippen molar-refractivity contribution in [3.05, 3.63) is 0 Å². The van der Waals surface area contributed by atoms with E-state index in [4.69, 9.17) is 12.2 Å². The van der Waals surface area contributed by atoms with Gasteiger partial charge in [-0.3, -0.25) is 4.79 Å². The predicted octanol–water partition coefficient (Wildman–Crippen LogP) is 1.03. The second kappa shape index (κ2) is 3.57. The highest BCUT2D eigenvalue weighted by atomic mass is 32.1. The van der Waals surface area contributed by atoms with Crippen LogP contribution in [0.15, 0.2) is 4.99 Å². The summed E-state index contributed by atoms with van der Waals surface area (Å²) in [6.45, 7) is 2.05. The Morgan fingerprint density at radius 2 is 2.45 bits per heavy atom. The Morgan fingerprint density at radius 1 is 1.73 bits per heavy atom. The summed E-state index contributed by atoms with van der Waals surface area (Å²) in [6, 6.07) is 0. The third-order valence-corrected chi connectivity index (χ3v) is 1.60. The molecule has 0 spiro atoms. The monoisotopic (exact) mass is 170 g/mol. The maximum Gasteiger partial charge on any atom is 0.231 e. The molecule has 0 saturated carbocycles. The lowest BCUT2D eigenvalue weighted by atomic mass is 10.1. The zero-order chi connectivity index (χ0) is 8.27. The van der Waals surface area contributed by atoms with Gasteiger partial charge < -0.3 is 5.32 Å². The molecule has 3 nitrogen and oxygen atoms in total. The van der Waals surface area contributed by atoms with Crippen molar-refractivity contribution in [1.29, 1.82) is 0 Å². The molecule has 0 saturated heterocycles. The molecule has 0 fully saturated rings. The Labute approximate surface area is 70.9 Å². The van der Waals surface area contributed by atoms with Crippen LogP contribution in [0.3, 0.4) is 0 Å². The molecule has 4 heteroatoms. The van der Waals surface area contributed by atoms with Crippen LogP contribution < -0.4 is 5.32 Å². The first-order valence-corrected chi connectivity index (χ1v) is 4.03. The molecular formula is C7H10N2OS. The van der Waals surface area contributed by atoms with Gasteiger partial charge in [-0.2, -0.15) is 0 Å². The lowest BCUT2D eigenvalue weighted by Gasteiger charge is -2.11. The van der Waals surface area contributed by atoms with Crippen LogP contribution in [-0.2, 0) is 4.79 Å². The minimum absolute atomic E-state index is 0.0338. The van der Waals surface area contributed by atoms with Gasteiger partial charge in [0.25, 0.3) is 0 Å². The second-order valence-electron chi connectivity index (χ2n) is 2.46. The van der Waals surface area contributed by atoms with Crippen molar-refractivity contribution in [3.63, 3.8) is 0 Å². The van der Waals surface area contributed by atoms with Gasteiger partial charge in [-0.25, -0.2) is 4.99 Å². The molecule has 0 aromatic heterocycles. The maximum absolute atomic E-state index is 10.9. The van der Waals surface area contributed by atoms with E-state index in [1.54, 1.807) is 0 Å². The van der Waals surface area contributed by atoms with Gasteiger partial charge in [-0.05, 0) is 18.6 Å². The van der Waals surface area contributed by atoms with Crippen LogP contribution in [0.25, 0.3) is 0 Å². The van der Waals surface area contributed by atoms with Crippen molar-refractivity contribution in [2.24, 2.45) is 4.99 Å². The van der Waals surface area contributed by atoms with E-state index in [1.165, 1.54) is 0 Å². The SMILES string of the molecule is CCCC1=NC(=S)NC(=O)C1. The fourth-order valence-corrected chi connectivity index (χ4v) is 1.24. The second-order valence-corrected chi connectivity index (χ2v) is 2.84. The molecule has 0 aliphatic carbocycles. The van der Waals surface area contributed by atoms with Gasteiger partial charge in [0.05, 0.1) is 6.42 Å². The van der Waals surface area contributed by atoms with Crippen LogP contribution >= 0.6 is 12.2 Å². The number of carbonyl (C=O) groups excluding carboxylic acids is 1. The van der Waals surface area contributed by atoms with Crippen LogP contribution in [-0.4, -0.2) is 16.7 Å². The molecule has 0 bridgehead atoms. The number of rotatable bonds is 2. The highest BCUT2D eigenvalue weighted by molar-refractivity contribution is 7.80. The van der Waals surface area contributed by atoms with E-state index in [0.29, 0.717) is 11.5 Å². The van der Waals surface area contributed by atoms with Crippen molar-refractivity contribution in [2.45, 2.75) is 26.2 Å². The molecule has 1 N–H and O–H groups in total. The van der Waals surface area contributed by atoms with E-state index in [-0.39, 0.29) is 5.91 Å². The van der Waals surface area contributed by atoms with E-state index in [1.807, 2.05) is 0 Å². The molecule has 0 aromatic carbocycles. The number of amides is 1. The third-order valence-electron chi connectivity index (χ3n) is 1.41. The normalized spacial score (nSPS) is 17.7. The maximum atomic E-state index is 10.9. The van der Waals surface area contributed by atoms with Crippen molar-refractivity contribution in [3.8, 4) is 0 Å². The van der Waals surface area contributed by atoms with Gasteiger partial charge in [0.1, 0.15) is 0 Å². The molecule has 60 valence electrons. The summed E-state index contributed by atoms with van der Waals surface area (Å²) in [5, 5.41) is 2.78. The minimum Gasteiger partial charge on any atom is -0.301 e. The van der Waals surface area contributed by atoms with Gasteiger partial charge in [-0.15, -0.1) is 0 Å². The van der Waals surface area contributed by atoms with Crippen LogP contribution in [0.5, 0.6) is 0 Å². The average molecular weight is 170 g/mol. The van der Waals surface area contributed by atoms with Crippen molar-refractivity contribution >= 4 is 28.9 Å². The van der Waals surface area contributed by atoms with Gasteiger partial charge in [0, 0.05) is 5.71 Å². The molecule has 0 atom stereocenters. The average Bonchev–Trinajstić information content (AvgIpc) is 1.85. The van der Waals surface area contributed by atoms with Crippen LogP contribution in [0.2, 0.25) is 0 Å². The summed E-state index contributed by atoms with van der Waals surface area (Å²) in [7, 11) is 0. The first-order valence-electron chi connectivity index (χ1n) is 3.62. The highest BCUT2D eigenvalue weighted by Gasteiger charge is 2.13. The highest BCUT2D eigenvalue weighted by Crippen LogP contribution is 2.02. The lowest BCUT2D eigenvalue weighted by molar-refractivity contribution is -0.118. The summed E-state index contributed by atoms with van der Waals surface area (Å²) < 4.78 is 0. The van der Waals surface area contributed by atoms with E-state index >= 15 is 0 Å². The van der Waals surface area contributed by atoms with Gasteiger partial charge in [0.2, 0.25) is 5.91 Å². The predicted molar refractivity (Wildman–Crippen MR) is 47.7 cm³/mol. The number of aliphatic imine (C=N–C) groups is 1. The smallest absolute Gasteiger partial charge is 0.231 e. The van der Waals surface area contributed by atoms with E-state index in [9.17, 15) is 4.79 Å². The molecule has 1 aliphatic rings. The molecular weight excluding hydrogens is 160 g/mol. The first-order chi connectivity index (χ1) is 5.22. The number of nitrogens with one attached hydrogen (secondary N) is 1. The summed E-state index contributed by atoms with van der Waals surface area (Å²) >= 11 is 4.75. The largest absolute Gasteiger partial charge is 0.301 e. The van der Waals surface area contributed by atoms with E-state index < -0.39 is 0 Å². The lowest BCUT2D eigenvalue weighted by Crippen LogP contribution is -2.34. The van der Waals surface area contributed by atoms with Gasteiger partial charge in [-0.1, -0.05) is 13.3 Å². The number of thiocarbonyl (C=S) groups is 1. The molecule has 11 heavy (non-hydrogen) atoms. The van der Waals surface area contributed by atoms with Crippen LogP contribution in [0.4, 0.5) is 0 Å². The molecule has 1 rings (SSSR count). The summed E-state index contributed by atoms with van der Waals surface area (Å²) in [5.41, 5.74) is 0.904. The Kier molecular flexibility index (Phi) is 2.70. The number of hydrogen-bond acceptors (Lipinski definition) is 2. The van der Waals surface area contributed by atoms with Crippen molar-refractivity contribution in [2.75, 3.05) is 0 Å². The Hall–Kier alpha value is -0.770. The molecule has 0 radical (unpaired) electrons. The Balaban J connectivity index is 2.64. The number of hydrogen-bond donors (Lipinski definition) is 1. The third kappa shape index (κ3) is 2.38.